The smallest absolute Gasteiger partial charge is 0.235 e. The molecule has 6 heterocycles. The topological polar surface area (TPSA) is 87.2 Å². The Bertz CT molecular complexity index is 5420. The summed E-state index contributed by atoms with van der Waals surface area (Å²) in [5.74, 6) is 0.940. The first kappa shape index (κ1) is 52.5. The molecule has 418 valence electrons. The second-order valence-corrected chi connectivity index (χ2v) is 22.1. The van der Waals surface area contributed by atoms with Crippen LogP contribution in [-0.4, -0.2) is 39.0 Å². The first-order valence-corrected chi connectivity index (χ1v) is 29.5. The van der Waals surface area contributed by atoms with Crippen molar-refractivity contribution in [1.29, 1.82) is 0 Å². The molecular weight excluding hydrogens is 1090 g/mol. The molecule has 0 aliphatic rings. The molecule has 6 aromatic heterocycles. The molecule has 0 amide bonds. The summed E-state index contributed by atoms with van der Waals surface area (Å²) in [5.41, 5.74) is 19.4. The summed E-state index contributed by atoms with van der Waals surface area (Å²) in [4.78, 5) is 28.0. The predicted molar refractivity (Wildman–Crippen MR) is 361 cm³/mol. The monoisotopic (exact) mass is 1140 g/mol. The minimum absolute atomic E-state index is 0.266. The van der Waals surface area contributed by atoms with E-state index in [0.29, 0.717) is 11.9 Å². The van der Waals surface area contributed by atoms with Crippen LogP contribution < -0.4 is 0 Å². The van der Waals surface area contributed by atoms with Crippen molar-refractivity contribution in [2.45, 2.75) is 0 Å². The largest absolute Gasteiger partial charge is 0.277 e. The molecule has 0 aliphatic carbocycles. The van der Waals surface area contributed by atoms with E-state index in [9.17, 15) is 4.39 Å². The number of rotatable bonds is 9. The van der Waals surface area contributed by atoms with Crippen LogP contribution in [-0.2, 0) is 0 Å². The summed E-state index contributed by atoms with van der Waals surface area (Å²) in [6.45, 7) is 0. The van der Waals surface area contributed by atoms with Gasteiger partial charge in [0.05, 0.1) is 27.8 Å². The van der Waals surface area contributed by atoms with E-state index in [1.54, 1.807) is 12.3 Å². The van der Waals surface area contributed by atoms with Gasteiger partial charge in [-0.05, 0) is 151 Å². The standard InChI is InChI=1S/C42H27N5.C38H24FN3/c1-2-6-37-32(5-1)13-14-39-38-7-3-4-8-40(38)47(41(37)39)42-45-26-36(27-46-42)29-11-9-28(10-12-29)33-23-34(30-15-19-43-20-16-30)25-35(24-33)31-17-21-44-22-18-31;39-31-18-20-36-34(24-31)33-19-17-28-9-4-5-12-32(28)37(33)42(36)38-40-22-21-35(41-38)30-11-6-10-29(23-30)27-15-13-26(14-16-27)25-7-2-1-3-8-25/h1-27H;1-24H. The number of nitrogens with zero attached hydrogens (tertiary/aromatic N) is 8. The molecule has 0 aliphatic heterocycles. The number of aromatic nitrogens is 8. The van der Waals surface area contributed by atoms with Gasteiger partial charge in [0, 0.05) is 86.8 Å². The highest BCUT2D eigenvalue weighted by atomic mass is 19.1. The molecular formula is C80H51FN8. The fourth-order valence-electron chi connectivity index (χ4n) is 12.5. The summed E-state index contributed by atoms with van der Waals surface area (Å²) >= 11 is 0. The van der Waals surface area contributed by atoms with Crippen molar-refractivity contribution in [3.05, 3.63) is 316 Å². The third-order valence-electron chi connectivity index (χ3n) is 16.8. The molecule has 0 atom stereocenters. The zero-order chi connectivity index (χ0) is 59.2. The highest BCUT2D eigenvalue weighted by Gasteiger charge is 2.20. The first-order chi connectivity index (χ1) is 44.0. The Balaban J connectivity index is 0.000000144. The second-order valence-electron chi connectivity index (χ2n) is 22.1. The maximum absolute atomic E-state index is 14.4. The van der Waals surface area contributed by atoms with Gasteiger partial charge in [-0.3, -0.25) is 19.1 Å². The van der Waals surface area contributed by atoms with Gasteiger partial charge in [-0.15, -0.1) is 0 Å². The average Bonchev–Trinajstić information content (AvgIpc) is 1.64. The Labute approximate surface area is 511 Å². The molecule has 89 heavy (non-hydrogen) atoms. The van der Waals surface area contributed by atoms with Crippen molar-refractivity contribution in [2.24, 2.45) is 0 Å². The van der Waals surface area contributed by atoms with Gasteiger partial charge in [-0.2, -0.15) is 0 Å². The molecule has 0 radical (unpaired) electrons. The van der Waals surface area contributed by atoms with Crippen LogP contribution in [0.2, 0.25) is 0 Å². The Kier molecular flexibility index (Phi) is 13.2. The Hall–Kier alpha value is -12.1. The molecule has 0 bridgehead atoms. The van der Waals surface area contributed by atoms with Crippen LogP contribution in [0.3, 0.4) is 0 Å². The Morgan fingerprint density at radius 3 is 1.33 bits per heavy atom. The van der Waals surface area contributed by atoms with E-state index in [2.05, 4.69) is 219 Å². The summed E-state index contributed by atoms with van der Waals surface area (Å²) in [7, 11) is 0. The van der Waals surface area contributed by atoms with Crippen molar-refractivity contribution in [2.75, 3.05) is 0 Å². The number of benzene rings is 11. The third-order valence-corrected chi connectivity index (χ3v) is 16.8. The van der Waals surface area contributed by atoms with Gasteiger partial charge >= 0.3 is 0 Å². The Morgan fingerprint density at radius 1 is 0.258 bits per heavy atom. The summed E-state index contributed by atoms with van der Waals surface area (Å²) in [6.07, 6.45) is 13.0. The van der Waals surface area contributed by atoms with E-state index in [1.807, 2.05) is 91.8 Å². The number of halogens is 1. The maximum Gasteiger partial charge on any atom is 0.235 e. The summed E-state index contributed by atoms with van der Waals surface area (Å²) in [6, 6.07) is 91.6. The average molecular weight is 1140 g/mol. The molecule has 17 aromatic rings. The number of hydrogen-bond donors (Lipinski definition) is 0. The molecule has 9 heteroatoms. The van der Waals surface area contributed by atoms with E-state index in [1.165, 1.54) is 38.7 Å². The minimum atomic E-state index is -0.266. The molecule has 17 rings (SSSR count). The van der Waals surface area contributed by atoms with Crippen molar-refractivity contribution in [1.82, 2.24) is 39.0 Å². The van der Waals surface area contributed by atoms with Gasteiger partial charge in [-0.25, -0.2) is 24.3 Å². The maximum atomic E-state index is 14.4. The zero-order valence-electron chi connectivity index (χ0n) is 47.9. The fourth-order valence-corrected chi connectivity index (χ4v) is 12.5. The molecule has 8 nitrogen and oxygen atoms in total. The second kappa shape index (κ2) is 22.4. The lowest BCUT2D eigenvalue weighted by Crippen LogP contribution is -2.02. The van der Waals surface area contributed by atoms with E-state index in [4.69, 9.17) is 19.9 Å². The predicted octanol–water partition coefficient (Wildman–Crippen LogP) is 20.1. The SMILES string of the molecule is Fc1ccc2c(c1)c1ccc3ccccc3c1n2-c1nccc(-c2cccc(-c3ccc(-c4ccccc4)cc3)c2)n1.c1ccc2c(c1)ccc1c3ccccc3n(-c3ncc(-c4ccc(-c5cc(-c6ccncc6)cc(-c6ccncc6)c5)cc4)cn3)c21. The Morgan fingerprint density at radius 2 is 0.708 bits per heavy atom. The normalized spacial score (nSPS) is 11.4. The minimum Gasteiger partial charge on any atom is -0.277 e. The van der Waals surface area contributed by atoms with Gasteiger partial charge in [0.25, 0.3) is 0 Å². The van der Waals surface area contributed by atoms with E-state index in [0.717, 1.165) is 111 Å². The molecule has 0 fully saturated rings. The van der Waals surface area contributed by atoms with Crippen LogP contribution in [0.4, 0.5) is 4.39 Å². The van der Waals surface area contributed by atoms with Crippen molar-refractivity contribution in [3.63, 3.8) is 0 Å². The number of hydrogen-bond acceptors (Lipinski definition) is 6. The third kappa shape index (κ3) is 9.79. The van der Waals surface area contributed by atoms with E-state index in [-0.39, 0.29) is 5.82 Å². The van der Waals surface area contributed by atoms with Crippen molar-refractivity contribution >= 4 is 65.2 Å². The molecule has 11 aromatic carbocycles. The highest BCUT2D eigenvalue weighted by molar-refractivity contribution is 6.19. The fraction of sp³-hybridized carbons (Fsp3) is 0. The number of fused-ring (bicyclic) bond motifs is 10. The van der Waals surface area contributed by atoms with Gasteiger partial charge in [0.15, 0.2) is 0 Å². The number of para-hydroxylation sites is 1. The van der Waals surface area contributed by atoms with Crippen LogP contribution in [0.15, 0.2) is 310 Å². The van der Waals surface area contributed by atoms with Crippen LogP contribution in [0.25, 0.3) is 155 Å². The summed E-state index contributed by atoms with van der Waals surface area (Å²) in [5, 5.41) is 8.76. The molecule has 0 saturated carbocycles. The van der Waals surface area contributed by atoms with Crippen LogP contribution in [0.1, 0.15) is 0 Å². The van der Waals surface area contributed by atoms with Crippen molar-refractivity contribution < 1.29 is 4.39 Å². The lowest BCUT2D eigenvalue weighted by molar-refractivity contribution is 0.629. The van der Waals surface area contributed by atoms with E-state index >= 15 is 0 Å². The van der Waals surface area contributed by atoms with E-state index < -0.39 is 0 Å². The first-order valence-electron chi connectivity index (χ1n) is 29.5. The molecule has 0 N–H and O–H groups in total. The number of pyridine rings is 2. The summed E-state index contributed by atoms with van der Waals surface area (Å²) < 4.78 is 18.7. The van der Waals surface area contributed by atoms with Crippen molar-refractivity contribution in [3.8, 4) is 89.9 Å². The molecule has 0 spiro atoms. The van der Waals surface area contributed by atoms with Gasteiger partial charge in [-0.1, -0.05) is 188 Å². The van der Waals surface area contributed by atoms with Crippen LogP contribution in [0, 0.1) is 5.82 Å². The van der Waals surface area contributed by atoms with Crippen LogP contribution >= 0.6 is 0 Å². The quantitative estimate of drug-likeness (QED) is 0.143. The lowest BCUT2D eigenvalue weighted by atomic mass is 9.93. The van der Waals surface area contributed by atoms with Gasteiger partial charge in [0.2, 0.25) is 11.9 Å². The lowest BCUT2D eigenvalue weighted by Gasteiger charge is -2.12. The van der Waals surface area contributed by atoms with Gasteiger partial charge in [0.1, 0.15) is 5.82 Å². The van der Waals surface area contributed by atoms with Gasteiger partial charge < -0.3 is 0 Å². The molecule has 0 unspecified atom stereocenters. The highest BCUT2D eigenvalue weighted by Crippen LogP contribution is 2.40. The zero-order valence-corrected chi connectivity index (χ0v) is 47.9. The van der Waals surface area contributed by atoms with Crippen LogP contribution in [0.5, 0.6) is 0 Å². The molecule has 0 saturated heterocycles.